The Labute approximate surface area is 132 Å². The van der Waals surface area contributed by atoms with Gasteiger partial charge in [-0.25, -0.2) is 0 Å². The van der Waals surface area contributed by atoms with Crippen molar-refractivity contribution in [1.29, 1.82) is 0 Å². The van der Waals surface area contributed by atoms with Crippen LogP contribution in [-0.2, 0) is 4.79 Å². The summed E-state index contributed by atoms with van der Waals surface area (Å²) in [6.07, 6.45) is 9.61. The highest BCUT2D eigenvalue weighted by Gasteiger charge is 2.59. The van der Waals surface area contributed by atoms with Gasteiger partial charge >= 0.3 is 0 Å². The smallest absolute Gasteiger partial charge is 0.139 e. The lowest BCUT2D eigenvalue weighted by atomic mass is 9.54. The van der Waals surface area contributed by atoms with Gasteiger partial charge in [0, 0.05) is 11.8 Å². The van der Waals surface area contributed by atoms with Crippen LogP contribution in [0.3, 0.4) is 0 Å². The minimum absolute atomic E-state index is 0.0196. The number of fused-ring (bicyclic) bond motifs is 1. The molecule has 0 radical (unpaired) electrons. The normalized spacial score (nSPS) is 38.4. The Bertz CT molecular complexity index is 391. The van der Waals surface area contributed by atoms with Crippen molar-refractivity contribution >= 4 is 5.78 Å². The van der Waals surface area contributed by atoms with Crippen molar-refractivity contribution in [3.8, 4) is 0 Å². The summed E-state index contributed by atoms with van der Waals surface area (Å²) in [6.45, 7) is 14.2. The van der Waals surface area contributed by atoms with Gasteiger partial charge in [-0.2, -0.15) is 0 Å². The molecule has 2 aliphatic carbocycles. The fourth-order valence-corrected chi connectivity index (χ4v) is 5.34. The Balaban J connectivity index is 2.02. The summed E-state index contributed by atoms with van der Waals surface area (Å²) >= 11 is 0. The summed E-state index contributed by atoms with van der Waals surface area (Å²) in [6, 6.07) is 0. The second-order valence-corrected chi connectivity index (χ2v) is 9.60. The standard InChI is InChI=1S/C20H36O/c1-15(9-7-12-18(2,3)4)16-11-14-20(6)17(21)10-8-13-19(16,20)5/h15-16H,7-14H2,1-6H3/t15-,16?,19+,20-/m0/s1. The van der Waals surface area contributed by atoms with E-state index in [9.17, 15) is 4.79 Å². The van der Waals surface area contributed by atoms with Gasteiger partial charge in [-0.1, -0.05) is 54.4 Å². The Morgan fingerprint density at radius 2 is 1.90 bits per heavy atom. The molecule has 0 aromatic heterocycles. The highest BCUT2D eigenvalue weighted by Crippen LogP contribution is 2.63. The van der Waals surface area contributed by atoms with Crippen molar-refractivity contribution < 1.29 is 4.79 Å². The summed E-state index contributed by atoms with van der Waals surface area (Å²) in [5.74, 6) is 2.08. The van der Waals surface area contributed by atoms with Crippen molar-refractivity contribution in [2.75, 3.05) is 0 Å². The number of hydrogen-bond acceptors (Lipinski definition) is 1. The predicted molar refractivity (Wildman–Crippen MR) is 90.3 cm³/mol. The summed E-state index contributed by atoms with van der Waals surface area (Å²) in [5.41, 5.74) is 0.701. The van der Waals surface area contributed by atoms with E-state index < -0.39 is 0 Å². The van der Waals surface area contributed by atoms with Crippen LogP contribution in [0.1, 0.15) is 92.9 Å². The molecule has 4 atom stereocenters. The van der Waals surface area contributed by atoms with Crippen molar-refractivity contribution in [1.82, 2.24) is 0 Å². The Hall–Kier alpha value is -0.330. The van der Waals surface area contributed by atoms with Crippen LogP contribution in [0.5, 0.6) is 0 Å². The number of Topliss-reactive ketones (excluding diaryl/α,β-unsaturated/α-hetero) is 1. The number of rotatable bonds is 4. The molecule has 1 nitrogen and oxygen atoms in total. The van der Waals surface area contributed by atoms with Crippen LogP contribution in [0.2, 0.25) is 0 Å². The lowest BCUT2D eigenvalue weighted by Crippen LogP contribution is -2.47. The van der Waals surface area contributed by atoms with Gasteiger partial charge in [-0.15, -0.1) is 0 Å². The zero-order chi connectivity index (χ0) is 15.9. The zero-order valence-corrected chi connectivity index (χ0v) is 15.2. The van der Waals surface area contributed by atoms with E-state index in [1.807, 2.05) is 0 Å². The van der Waals surface area contributed by atoms with E-state index in [0.717, 1.165) is 31.1 Å². The van der Waals surface area contributed by atoms with E-state index in [1.54, 1.807) is 0 Å². The second-order valence-electron chi connectivity index (χ2n) is 9.60. The first-order valence-electron chi connectivity index (χ1n) is 9.13. The molecular formula is C20H36O. The van der Waals surface area contributed by atoms with Crippen LogP contribution in [-0.4, -0.2) is 5.78 Å². The molecule has 0 aliphatic heterocycles. The Morgan fingerprint density at radius 3 is 2.52 bits per heavy atom. The average molecular weight is 293 g/mol. The van der Waals surface area contributed by atoms with Crippen LogP contribution < -0.4 is 0 Å². The molecule has 21 heavy (non-hydrogen) atoms. The van der Waals surface area contributed by atoms with E-state index in [0.29, 0.717) is 11.2 Å². The molecule has 0 heterocycles. The topological polar surface area (TPSA) is 17.1 Å². The number of hydrogen-bond donors (Lipinski definition) is 0. The van der Waals surface area contributed by atoms with E-state index in [1.165, 1.54) is 32.1 Å². The zero-order valence-electron chi connectivity index (χ0n) is 15.2. The molecule has 1 heteroatoms. The molecule has 2 rings (SSSR count). The lowest BCUT2D eigenvalue weighted by Gasteiger charge is -2.48. The third kappa shape index (κ3) is 3.08. The Morgan fingerprint density at radius 1 is 1.24 bits per heavy atom. The van der Waals surface area contributed by atoms with Crippen LogP contribution in [0.15, 0.2) is 0 Å². The Kier molecular flexibility index (Phi) is 4.63. The molecule has 2 aliphatic rings. The van der Waals surface area contributed by atoms with Crippen molar-refractivity contribution in [3.63, 3.8) is 0 Å². The minimum Gasteiger partial charge on any atom is -0.299 e. The predicted octanol–water partition coefficient (Wildman–Crippen LogP) is 6.01. The van der Waals surface area contributed by atoms with Gasteiger partial charge in [0.05, 0.1) is 0 Å². The van der Waals surface area contributed by atoms with Crippen LogP contribution in [0.25, 0.3) is 0 Å². The van der Waals surface area contributed by atoms with Crippen LogP contribution >= 0.6 is 0 Å². The van der Waals surface area contributed by atoms with Crippen molar-refractivity contribution in [2.45, 2.75) is 92.9 Å². The molecule has 0 aromatic rings. The molecule has 0 aromatic carbocycles. The number of carbonyl (C=O) groups is 1. The van der Waals surface area contributed by atoms with Gasteiger partial charge in [-0.05, 0) is 54.8 Å². The molecule has 0 saturated heterocycles. The van der Waals surface area contributed by atoms with Gasteiger partial charge in [0.2, 0.25) is 0 Å². The molecule has 0 amide bonds. The van der Waals surface area contributed by atoms with Gasteiger partial charge in [-0.3, -0.25) is 4.79 Å². The highest BCUT2D eigenvalue weighted by atomic mass is 16.1. The summed E-state index contributed by atoms with van der Waals surface area (Å²) in [7, 11) is 0. The van der Waals surface area contributed by atoms with Gasteiger partial charge < -0.3 is 0 Å². The van der Waals surface area contributed by atoms with E-state index in [2.05, 4.69) is 41.5 Å². The van der Waals surface area contributed by atoms with E-state index in [-0.39, 0.29) is 10.8 Å². The maximum atomic E-state index is 12.5. The fraction of sp³-hybridized carbons (Fsp3) is 0.950. The average Bonchev–Trinajstić information content (AvgIpc) is 2.62. The largest absolute Gasteiger partial charge is 0.299 e. The highest BCUT2D eigenvalue weighted by molar-refractivity contribution is 5.86. The van der Waals surface area contributed by atoms with Crippen LogP contribution in [0, 0.1) is 28.1 Å². The molecule has 0 spiro atoms. The monoisotopic (exact) mass is 292 g/mol. The summed E-state index contributed by atoms with van der Waals surface area (Å²) in [4.78, 5) is 12.5. The maximum Gasteiger partial charge on any atom is 0.139 e. The molecule has 2 fully saturated rings. The van der Waals surface area contributed by atoms with Crippen LogP contribution in [0.4, 0.5) is 0 Å². The first kappa shape index (κ1) is 17.0. The number of ketones is 1. The molecule has 0 N–H and O–H groups in total. The minimum atomic E-state index is -0.0196. The number of carbonyl (C=O) groups excluding carboxylic acids is 1. The van der Waals surface area contributed by atoms with Crippen molar-refractivity contribution in [3.05, 3.63) is 0 Å². The van der Waals surface area contributed by atoms with Crippen molar-refractivity contribution in [2.24, 2.45) is 28.1 Å². The molecule has 1 unspecified atom stereocenters. The molecule has 122 valence electrons. The first-order valence-corrected chi connectivity index (χ1v) is 9.13. The van der Waals surface area contributed by atoms with Gasteiger partial charge in [0.1, 0.15) is 5.78 Å². The maximum absolute atomic E-state index is 12.5. The van der Waals surface area contributed by atoms with Gasteiger partial charge in [0.25, 0.3) is 0 Å². The van der Waals surface area contributed by atoms with E-state index >= 15 is 0 Å². The summed E-state index contributed by atoms with van der Waals surface area (Å²) in [5, 5.41) is 0. The van der Waals surface area contributed by atoms with Gasteiger partial charge in [0.15, 0.2) is 0 Å². The lowest BCUT2D eigenvalue weighted by molar-refractivity contribution is -0.140. The SMILES string of the molecule is C[C@@H](CCCC(C)(C)C)C1CC[C@@]2(C)C(=O)CCC[C@]12C. The quantitative estimate of drug-likeness (QED) is 0.619. The fourth-order valence-electron chi connectivity index (χ4n) is 5.34. The van der Waals surface area contributed by atoms with E-state index in [4.69, 9.17) is 0 Å². The molecule has 2 saturated carbocycles. The second kappa shape index (κ2) is 5.70. The molecule has 0 bridgehead atoms. The third-order valence-electron chi connectivity index (χ3n) is 7.02. The third-order valence-corrected chi connectivity index (χ3v) is 7.02. The first-order chi connectivity index (χ1) is 9.60. The summed E-state index contributed by atoms with van der Waals surface area (Å²) < 4.78 is 0. The molecular weight excluding hydrogens is 256 g/mol.